The van der Waals surface area contributed by atoms with Gasteiger partial charge in [0.25, 0.3) is 0 Å². The fourth-order valence-corrected chi connectivity index (χ4v) is 2.30. The van der Waals surface area contributed by atoms with E-state index >= 15 is 0 Å². The highest BCUT2D eigenvalue weighted by atomic mass is 16.5. The normalized spacial score (nSPS) is 11.3. The average Bonchev–Trinajstić information content (AvgIpc) is 2.49. The maximum atomic E-state index is 5.07. The predicted molar refractivity (Wildman–Crippen MR) is 85.0 cm³/mol. The quantitative estimate of drug-likeness (QED) is 0.747. The van der Waals surface area contributed by atoms with E-state index in [1.165, 1.54) is 16.3 Å². The zero-order valence-corrected chi connectivity index (χ0v) is 12.4. The number of hydrogen-bond donors (Lipinski definition) is 1. The molecular weight excluding hydrogens is 248 g/mol. The van der Waals surface area contributed by atoms with Crippen LogP contribution in [0, 0.1) is 0 Å². The maximum absolute atomic E-state index is 5.07. The molecule has 2 aromatic carbocycles. The van der Waals surface area contributed by atoms with Crippen molar-refractivity contribution < 1.29 is 4.74 Å². The fourth-order valence-electron chi connectivity index (χ4n) is 2.30. The van der Waals surface area contributed by atoms with Crippen LogP contribution >= 0.6 is 0 Å². The molecule has 0 fully saturated rings. The zero-order valence-electron chi connectivity index (χ0n) is 12.4. The lowest BCUT2D eigenvalue weighted by molar-refractivity contribution is 0.161. The molecule has 0 heterocycles. The topological polar surface area (TPSA) is 24.5 Å². The number of nitrogens with zero attached hydrogens (tertiary/aromatic N) is 1. The minimum absolute atomic E-state index is 0.791. The highest BCUT2D eigenvalue weighted by Gasteiger charge is 2.00. The van der Waals surface area contributed by atoms with Gasteiger partial charge < -0.3 is 15.0 Å². The van der Waals surface area contributed by atoms with Crippen LogP contribution in [0.2, 0.25) is 0 Å². The van der Waals surface area contributed by atoms with Crippen molar-refractivity contribution >= 4 is 10.8 Å². The molecule has 20 heavy (non-hydrogen) atoms. The second-order valence-corrected chi connectivity index (χ2v) is 5.11. The van der Waals surface area contributed by atoms with Crippen LogP contribution < -0.4 is 5.32 Å². The van der Waals surface area contributed by atoms with Crippen molar-refractivity contribution in [3.05, 3.63) is 48.0 Å². The van der Waals surface area contributed by atoms with E-state index in [2.05, 4.69) is 59.7 Å². The zero-order chi connectivity index (χ0) is 14.2. The number of methoxy groups -OCH3 is 1. The summed E-state index contributed by atoms with van der Waals surface area (Å²) in [5.74, 6) is 0. The average molecular weight is 272 g/mol. The first-order chi connectivity index (χ1) is 9.81. The van der Waals surface area contributed by atoms with Crippen LogP contribution in [-0.2, 0) is 11.3 Å². The Kier molecular flexibility index (Phi) is 5.99. The van der Waals surface area contributed by atoms with E-state index in [1.54, 1.807) is 7.11 Å². The van der Waals surface area contributed by atoms with E-state index < -0.39 is 0 Å². The van der Waals surface area contributed by atoms with Crippen molar-refractivity contribution in [3.63, 3.8) is 0 Å². The highest BCUT2D eigenvalue weighted by molar-refractivity contribution is 5.85. The Morgan fingerprint density at radius 2 is 1.85 bits per heavy atom. The summed E-state index contributed by atoms with van der Waals surface area (Å²) in [4.78, 5) is 2.28. The third kappa shape index (κ3) is 4.30. The predicted octanol–water partition coefficient (Wildman–Crippen LogP) is 2.51. The van der Waals surface area contributed by atoms with E-state index in [0.29, 0.717) is 0 Å². The van der Waals surface area contributed by atoms with E-state index in [4.69, 9.17) is 4.74 Å². The maximum Gasteiger partial charge on any atom is 0.0589 e. The minimum Gasteiger partial charge on any atom is -0.383 e. The first kappa shape index (κ1) is 15.0. The van der Waals surface area contributed by atoms with E-state index in [-0.39, 0.29) is 0 Å². The van der Waals surface area contributed by atoms with Gasteiger partial charge in [-0.25, -0.2) is 0 Å². The molecule has 0 aliphatic carbocycles. The molecule has 0 bridgehead atoms. The third-order valence-corrected chi connectivity index (χ3v) is 3.54. The first-order valence-corrected chi connectivity index (χ1v) is 7.16. The Labute approximate surface area is 121 Å². The minimum atomic E-state index is 0.791. The standard InChI is InChI=1S/C17H24N2O/c1-19(12-13-20-2)11-10-18-14-16-8-5-7-15-6-3-4-9-17(15)16/h3-9,18H,10-14H2,1-2H3. The molecule has 0 unspecified atom stereocenters. The molecule has 0 saturated heterocycles. The third-order valence-electron chi connectivity index (χ3n) is 3.54. The van der Waals surface area contributed by atoms with E-state index in [1.807, 2.05) is 0 Å². The second-order valence-electron chi connectivity index (χ2n) is 5.11. The molecule has 0 aliphatic rings. The summed E-state index contributed by atoms with van der Waals surface area (Å²) in [7, 11) is 3.87. The summed E-state index contributed by atoms with van der Waals surface area (Å²) in [5.41, 5.74) is 1.36. The van der Waals surface area contributed by atoms with E-state index in [0.717, 1.165) is 32.8 Å². The van der Waals surface area contributed by atoms with Crippen LogP contribution in [-0.4, -0.2) is 45.3 Å². The van der Waals surface area contributed by atoms with Crippen LogP contribution in [0.3, 0.4) is 0 Å². The second kappa shape index (κ2) is 8.00. The smallest absolute Gasteiger partial charge is 0.0589 e. The van der Waals surface area contributed by atoms with Gasteiger partial charge in [-0.15, -0.1) is 0 Å². The molecule has 2 aromatic rings. The van der Waals surface area contributed by atoms with Crippen molar-refractivity contribution in [2.75, 3.05) is 40.4 Å². The summed E-state index contributed by atoms with van der Waals surface area (Å²) >= 11 is 0. The largest absolute Gasteiger partial charge is 0.383 e. The van der Waals surface area contributed by atoms with Crippen LogP contribution in [0.4, 0.5) is 0 Å². The number of fused-ring (bicyclic) bond motifs is 1. The van der Waals surface area contributed by atoms with Crippen LogP contribution in [0.5, 0.6) is 0 Å². The Bertz CT molecular complexity index is 522. The lowest BCUT2D eigenvalue weighted by atomic mass is 10.0. The molecule has 0 aromatic heterocycles. The van der Waals surface area contributed by atoms with E-state index in [9.17, 15) is 0 Å². The molecule has 2 rings (SSSR count). The summed E-state index contributed by atoms with van der Waals surface area (Å²) in [6.07, 6.45) is 0. The summed E-state index contributed by atoms with van der Waals surface area (Å²) in [6, 6.07) is 15.0. The van der Waals surface area contributed by atoms with Crippen LogP contribution in [0.15, 0.2) is 42.5 Å². The molecule has 3 nitrogen and oxygen atoms in total. The highest BCUT2D eigenvalue weighted by Crippen LogP contribution is 2.17. The van der Waals surface area contributed by atoms with Crippen LogP contribution in [0.25, 0.3) is 10.8 Å². The molecule has 108 valence electrons. The van der Waals surface area contributed by atoms with Gasteiger partial charge in [0.15, 0.2) is 0 Å². The summed E-state index contributed by atoms with van der Waals surface area (Å²) < 4.78 is 5.07. The van der Waals surface area contributed by atoms with Gasteiger partial charge in [0, 0.05) is 33.3 Å². The number of ether oxygens (including phenoxy) is 1. The molecule has 3 heteroatoms. The van der Waals surface area contributed by atoms with Crippen molar-refractivity contribution in [2.45, 2.75) is 6.54 Å². The fraction of sp³-hybridized carbons (Fsp3) is 0.412. The number of hydrogen-bond acceptors (Lipinski definition) is 3. The molecule has 0 amide bonds. The Morgan fingerprint density at radius 3 is 2.70 bits per heavy atom. The van der Waals surface area contributed by atoms with Crippen molar-refractivity contribution in [1.82, 2.24) is 10.2 Å². The lowest BCUT2D eigenvalue weighted by Crippen LogP contribution is -2.31. The molecule has 1 N–H and O–H groups in total. The van der Waals surface area contributed by atoms with Gasteiger partial charge >= 0.3 is 0 Å². The Hall–Kier alpha value is -1.42. The Morgan fingerprint density at radius 1 is 1.05 bits per heavy atom. The van der Waals surface area contributed by atoms with Crippen molar-refractivity contribution in [2.24, 2.45) is 0 Å². The van der Waals surface area contributed by atoms with Gasteiger partial charge in [-0.1, -0.05) is 42.5 Å². The summed E-state index contributed by atoms with van der Waals surface area (Å²) in [5, 5.41) is 6.17. The van der Waals surface area contributed by atoms with Crippen LogP contribution in [0.1, 0.15) is 5.56 Å². The van der Waals surface area contributed by atoms with Gasteiger partial charge in [-0.2, -0.15) is 0 Å². The number of rotatable bonds is 8. The van der Waals surface area contributed by atoms with Gasteiger partial charge in [0.1, 0.15) is 0 Å². The molecule has 0 spiro atoms. The summed E-state index contributed by atoms with van der Waals surface area (Å²) in [6.45, 7) is 4.71. The molecule has 0 aliphatic heterocycles. The molecule has 0 radical (unpaired) electrons. The van der Waals surface area contributed by atoms with Gasteiger partial charge in [-0.3, -0.25) is 0 Å². The Balaban J connectivity index is 1.81. The van der Waals surface area contributed by atoms with Gasteiger partial charge in [0.05, 0.1) is 6.61 Å². The number of nitrogens with one attached hydrogen (secondary N) is 1. The van der Waals surface area contributed by atoms with Gasteiger partial charge in [0.2, 0.25) is 0 Å². The number of benzene rings is 2. The monoisotopic (exact) mass is 272 g/mol. The van der Waals surface area contributed by atoms with Crippen molar-refractivity contribution in [1.29, 1.82) is 0 Å². The molecular formula is C17H24N2O. The molecule has 0 saturated carbocycles. The molecule has 0 atom stereocenters. The van der Waals surface area contributed by atoms with Gasteiger partial charge in [-0.05, 0) is 23.4 Å². The van der Waals surface area contributed by atoms with Crippen molar-refractivity contribution in [3.8, 4) is 0 Å². The lowest BCUT2D eigenvalue weighted by Gasteiger charge is -2.16. The SMILES string of the molecule is COCCN(C)CCNCc1cccc2ccccc12. The first-order valence-electron chi connectivity index (χ1n) is 7.16. The number of likely N-dealkylation sites (N-methyl/N-ethyl adjacent to an activating group) is 1.